The minimum Gasteiger partial charge on any atom is -0.393 e. The molecule has 15 heavy (non-hydrogen) atoms. The van der Waals surface area contributed by atoms with Gasteiger partial charge in [0, 0.05) is 12.5 Å². The molecule has 0 aromatic heterocycles. The van der Waals surface area contributed by atoms with Gasteiger partial charge in [0.15, 0.2) is 0 Å². The Balaban J connectivity index is 1.85. The van der Waals surface area contributed by atoms with E-state index in [4.69, 9.17) is 0 Å². The van der Waals surface area contributed by atoms with E-state index in [1.807, 2.05) is 0 Å². The maximum Gasteiger partial charge on any atom is 0.217 e. The largest absolute Gasteiger partial charge is 0.393 e. The lowest BCUT2D eigenvalue weighted by molar-refractivity contribution is -0.134. The van der Waals surface area contributed by atoms with E-state index in [2.05, 4.69) is 5.32 Å². The van der Waals surface area contributed by atoms with Crippen molar-refractivity contribution in [1.82, 2.24) is 5.32 Å². The van der Waals surface area contributed by atoms with E-state index in [0.717, 1.165) is 25.2 Å². The predicted molar refractivity (Wildman–Crippen MR) is 56.1 cm³/mol. The van der Waals surface area contributed by atoms with Crippen LogP contribution in [0.5, 0.6) is 0 Å². The van der Waals surface area contributed by atoms with Crippen LogP contribution in [0.25, 0.3) is 0 Å². The molecule has 0 aromatic carbocycles. The van der Waals surface area contributed by atoms with Crippen molar-refractivity contribution in [3.8, 4) is 0 Å². The van der Waals surface area contributed by atoms with Crippen molar-refractivity contribution in [2.45, 2.75) is 50.7 Å². The van der Waals surface area contributed by atoms with Gasteiger partial charge >= 0.3 is 0 Å². The molecule has 3 nitrogen and oxygen atoms in total. The molecule has 0 radical (unpaired) electrons. The standard InChI is InChI=1S/C12H19NO2/c1-7(14)13-12-4-8-2-9(5-12)11(15)10(3-8)6-12/h8-11,15H,2-6H2,1H3,(H,13,14)/t8?,9-,10-,11?,12?/m0/s1. The first-order valence-corrected chi connectivity index (χ1v) is 6.05. The van der Waals surface area contributed by atoms with Gasteiger partial charge in [0.05, 0.1) is 6.10 Å². The van der Waals surface area contributed by atoms with Gasteiger partial charge in [-0.2, -0.15) is 0 Å². The van der Waals surface area contributed by atoms with Crippen molar-refractivity contribution < 1.29 is 9.90 Å². The molecule has 3 heteroatoms. The lowest BCUT2D eigenvalue weighted by atomic mass is 9.52. The van der Waals surface area contributed by atoms with E-state index in [1.54, 1.807) is 6.92 Å². The van der Waals surface area contributed by atoms with Crippen LogP contribution in [0.2, 0.25) is 0 Å². The van der Waals surface area contributed by atoms with Gasteiger partial charge in [-0.15, -0.1) is 0 Å². The highest BCUT2D eigenvalue weighted by atomic mass is 16.3. The van der Waals surface area contributed by atoms with Crippen molar-refractivity contribution >= 4 is 5.91 Å². The summed E-state index contributed by atoms with van der Waals surface area (Å²) in [6.07, 6.45) is 5.41. The summed E-state index contributed by atoms with van der Waals surface area (Å²) < 4.78 is 0. The molecule has 0 heterocycles. The van der Waals surface area contributed by atoms with Crippen molar-refractivity contribution in [3.05, 3.63) is 0 Å². The summed E-state index contributed by atoms with van der Waals surface area (Å²) in [5, 5.41) is 13.2. The average molecular weight is 209 g/mol. The van der Waals surface area contributed by atoms with Gasteiger partial charge in [0.25, 0.3) is 0 Å². The second-order valence-corrected chi connectivity index (χ2v) is 5.92. The number of amides is 1. The Labute approximate surface area is 90.2 Å². The minimum absolute atomic E-state index is 0.0432. The Hall–Kier alpha value is -0.570. The molecule has 4 saturated carbocycles. The zero-order valence-corrected chi connectivity index (χ0v) is 9.20. The summed E-state index contributed by atoms with van der Waals surface area (Å²) in [6, 6.07) is 0. The van der Waals surface area contributed by atoms with E-state index < -0.39 is 0 Å². The maximum atomic E-state index is 11.2. The molecular formula is C12H19NO2. The van der Waals surface area contributed by atoms with Gasteiger partial charge in [-0.25, -0.2) is 0 Å². The Morgan fingerprint density at radius 2 is 1.87 bits per heavy atom. The minimum atomic E-state index is -0.0940. The molecule has 2 atom stereocenters. The molecule has 0 aliphatic heterocycles. The van der Waals surface area contributed by atoms with Gasteiger partial charge in [-0.1, -0.05) is 0 Å². The van der Waals surface area contributed by atoms with E-state index in [9.17, 15) is 9.90 Å². The fraction of sp³-hybridized carbons (Fsp3) is 0.917. The number of aliphatic hydroxyl groups is 1. The molecule has 4 aliphatic carbocycles. The maximum absolute atomic E-state index is 11.2. The summed E-state index contributed by atoms with van der Waals surface area (Å²) in [4.78, 5) is 11.2. The van der Waals surface area contributed by atoms with Crippen molar-refractivity contribution in [2.75, 3.05) is 0 Å². The number of carbonyl (C=O) groups excluding carboxylic acids is 1. The van der Waals surface area contributed by atoms with Crippen LogP contribution in [-0.2, 0) is 4.79 Å². The van der Waals surface area contributed by atoms with Gasteiger partial charge in [-0.3, -0.25) is 4.79 Å². The molecular weight excluding hydrogens is 190 g/mol. The lowest BCUT2D eigenvalue weighted by Gasteiger charge is -2.58. The smallest absolute Gasteiger partial charge is 0.217 e. The predicted octanol–water partition coefficient (Wildman–Crippen LogP) is 1.06. The van der Waals surface area contributed by atoms with Gasteiger partial charge < -0.3 is 10.4 Å². The molecule has 0 unspecified atom stereocenters. The number of rotatable bonds is 1. The van der Waals surface area contributed by atoms with Crippen LogP contribution in [-0.4, -0.2) is 22.7 Å². The fourth-order valence-electron chi connectivity index (χ4n) is 4.52. The Morgan fingerprint density at radius 1 is 1.27 bits per heavy atom. The Morgan fingerprint density at radius 3 is 2.40 bits per heavy atom. The Kier molecular flexibility index (Phi) is 1.91. The third kappa shape index (κ3) is 1.40. The molecule has 4 fully saturated rings. The Bertz CT molecular complexity index is 286. The first-order chi connectivity index (χ1) is 7.08. The molecule has 0 aromatic rings. The van der Waals surface area contributed by atoms with Crippen molar-refractivity contribution in [1.29, 1.82) is 0 Å². The SMILES string of the molecule is CC(=O)NC12CC3C[C@@H](C1)C(O)[C@@H](C3)C2. The highest BCUT2D eigenvalue weighted by Gasteiger charge is 2.55. The zero-order chi connectivity index (χ0) is 10.6. The second kappa shape index (κ2) is 2.97. The first-order valence-electron chi connectivity index (χ1n) is 6.05. The molecule has 2 N–H and O–H groups in total. The first kappa shape index (κ1) is 9.64. The molecule has 1 amide bonds. The summed E-state index contributed by atoms with van der Waals surface area (Å²) >= 11 is 0. The van der Waals surface area contributed by atoms with Crippen LogP contribution in [0.1, 0.15) is 39.0 Å². The second-order valence-electron chi connectivity index (χ2n) is 5.92. The van der Waals surface area contributed by atoms with Gasteiger partial charge in [0.2, 0.25) is 5.91 Å². The van der Waals surface area contributed by atoms with Crippen molar-refractivity contribution in [2.24, 2.45) is 17.8 Å². The van der Waals surface area contributed by atoms with E-state index >= 15 is 0 Å². The lowest BCUT2D eigenvalue weighted by Crippen LogP contribution is -2.63. The molecule has 84 valence electrons. The molecule has 4 aliphatic rings. The molecule has 0 saturated heterocycles. The number of hydrogen-bond acceptors (Lipinski definition) is 2. The van der Waals surface area contributed by atoms with Crippen LogP contribution in [0.15, 0.2) is 0 Å². The summed E-state index contributed by atoms with van der Waals surface area (Å²) in [7, 11) is 0. The summed E-state index contributed by atoms with van der Waals surface area (Å²) in [5.74, 6) is 1.73. The molecule has 4 rings (SSSR count). The topological polar surface area (TPSA) is 49.3 Å². The van der Waals surface area contributed by atoms with E-state index in [0.29, 0.717) is 11.8 Å². The van der Waals surface area contributed by atoms with E-state index in [-0.39, 0.29) is 17.6 Å². The van der Waals surface area contributed by atoms with Crippen LogP contribution in [0.4, 0.5) is 0 Å². The van der Waals surface area contributed by atoms with Crippen molar-refractivity contribution in [3.63, 3.8) is 0 Å². The van der Waals surface area contributed by atoms with Gasteiger partial charge in [-0.05, 0) is 49.9 Å². The summed E-state index contributed by atoms with van der Waals surface area (Å²) in [6.45, 7) is 1.61. The molecule has 4 bridgehead atoms. The number of aliphatic hydroxyl groups excluding tert-OH is 1. The third-order valence-electron chi connectivity index (χ3n) is 4.66. The number of nitrogens with one attached hydrogen (secondary N) is 1. The summed E-state index contributed by atoms with van der Waals surface area (Å²) in [5.41, 5.74) is 0.0432. The monoisotopic (exact) mass is 209 g/mol. The highest BCUT2D eigenvalue weighted by molar-refractivity contribution is 5.74. The van der Waals surface area contributed by atoms with E-state index in [1.165, 1.54) is 12.8 Å². The quantitative estimate of drug-likeness (QED) is 0.678. The number of hydrogen-bond donors (Lipinski definition) is 2. The van der Waals surface area contributed by atoms with Crippen LogP contribution >= 0.6 is 0 Å². The third-order valence-corrected chi connectivity index (χ3v) is 4.66. The van der Waals surface area contributed by atoms with Gasteiger partial charge in [0.1, 0.15) is 0 Å². The average Bonchev–Trinajstić information content (AvgIpc) is 2.10. The highest BCUT2D eigenvalue weighted by Crippen LogP contribution is 2.55. The normalized spacial score (nSPS) is 51.9. The fourth-order valence-corrected chi connectivity index (χ4v) is 4.52. The van der Waals surface area contributed by atoms with Crippen LogP contribution in [0.3, 0.4) is 0 Å². The number of carbonyl (C=O) groups is 1. The van der Waals surface area contributed by atoms with Crippen LogP contribution in [0, 0.1) is 17.8 Å². The molecule has 0 spiro atoms. The zero-order valence-electron chi connectivity index (χ0n) is 9.20. The van der Waals surface area contributed by atoms with Crippen LogP contribution < -0.4 is 5.32 Å².